The van der Waals surface area contributed by atoms with Gasteiger partial charge in [-0.2, -0.15) is 0 Å². The van der Waals surface area contributed by atoms with Crippen molar-refractivity contribution in [3.8, 4) is 0 Å². The van der Waals surface area contributed by atoms with Gasteiger partial charge in [-0.25, -0.2) is 0 Å². The van der Waals surface area contributed by atoms with Crippen molar-refractivity contribution in [1.82, 2.24) is 0 Å². The molecule has 0 saturated carbocycles. The van der Waals surface area contributed by atoms with Crippen LogP contribution in [0.5, 0.6) is 0 Å². The maximum atomic E-state index is 12.2. The lowest BCUT2D eigenvalue weighted by molar-refractivity contribution is 0.102. The quantitative estimate of drug-likeness (QED) is 0.658. The fraction of sp³-hybridized carbons (Fsp3) is 0.235. The van der Waals surface area contributed by atoms with E-state index in [2.05, 4.69) is 10.6 Å². The number of rotatable bonds is 6. The summed E-state index contributed by atoms with van der Waals surface area (Å²) >= 11 is 0. The lowest BCUT2D eigenvalue weighted by Crippen LogP contribution is -2.22. The minimum absolute atomic E-state index is 0.170. The molecule has 2 aromatic carbocycles. The molecule has 1 amide bonds. The summed E-state index contributed by atoms with van der Waals surface area (Å²) in [7, 11) is 0. The van der Waals surface area contributed by atoms with Crippen LogP contribution in [0.4, 0.5) is 11.4 Å². The Morgan fingerprint density at radius 3 is 2.45 bits per heavy atom. The van der Waals surface area contributed by atoms with E-state index in [9.17, 15) is 9.90 Å². The highest BCUT2D eigenvalue weighted by Crippen LogP contribution is 2.16. The second kappa shape index (κ2) is 7.59. The van der Waals surface area contributed by atoms with Crippen LogP contribution in [-0.4, -0.2) is 35.4 Å². The van der Waals surface area contributed by atoms with E-state index in [1.54, 1.807) is 24.3 Å². The van der Waals surface area contributed by atoms with Gasteiger partial charge in [0.1, 0.15) is 0 Å². The number of benzene rings is 2. The monoisotopic (exact) mass is 300 g/mol. The Hall–Kier alpha value is -2.37. The van der Waals surface area contributed by atoms with Gasteiger partial charge in [0.2, 0.25) is 0 Å². The number of para-hydroxylation sites is 1. The highest BCUT2D eigenvalue weighted by molar-refractivity contribution is 6.04. The molecule has 0 spiro atoms. The molecule has 116 valence electrons. The van der Waals surface area contributed by atoms with Crippen LogP contribution in [0.25, 0.3) is 0 Å². The van der Waals surface area contributed by atoms with E-state index in [-0.39, 0.29) is 19.1 Å². The molecule has 0 fully saturated rings. The summed E-state index contributed by atoms with van der Waals surface area (Å²) in [5.74, 6) is -0.170. The number of carbonyl (C=O) groups is 1. The first-order chi connectivity index (χ1) is 10.6. The van der Waals surface area contributed by atoms with E-state index in [0.29, 0.717) is 5.56 Å². The predicted octanol–water partition coefficient (Wildman–Crippen LogP) is 2.01. The van der Waals surface area contributed by atoms with Gasteiger partial charge in [-0.05, 0) is 42.8 Å². The zero-order valence-corrected chi connectivity index (χ0v) is 12.4. The fourth-order valence-corrected chi connectivity index (χ4v) is 1.95. The third kappa shape index (κ3) is 4.31. The molecule has 0 aliphatic carbocycles. The number of hydrogen-bond donors (Lipinski definition) is 4. The third-order valence-corrected chi connectivity index (χ3v) is 3.29. The molecule has 0 aliphatic heterocycles. The summed E-state index contributed by atoms with van der Waals surface area (Å²) in [5.41, 5.74) is 3.13. The second-order valence-electron chi connectivity index (χ2n) is 5.06. The molecule has 2 aromatic rings. The Kier molecular flexibility index (Phi) is 5.52. The Labute approximate surface area is 129 Å². The van der Waals surface area contributed by atoms with Crippen LogP contribution in [-0.2, 0) is 0 Å². The molecule has 5 nitrogen and oxygen atoms in total. The lowest BCUT2D eigenvalue weighted by atomic mass is 10.1. The van der Waals surface area contributed by atoms with Crippen molar-refractivity contribution in [3.63, 3.8) is 0 Å². The Balaban J connectivity index is 1.98. The summed E-state index contributed by atoms with van der Waals surface area (Å²) < 4.78 is 0. The van der Waals surface area contributed by atoms with E-state index in [1.165, 1.54) is 0 Å². The van der Waals surface area contributed by atoms with Gasteiger partial charge in [0.15, 0.2) is 0 Å². The molecule has 5 heteroatoms. The first-order valence-corrected chi connectivity index (χ1v) is 7.10. The smallest absolute Gasteiger partial charge is 0.255 e. The van der Waals surface area contributed by atoms with Gasteiger partial charge in [0, 0.05) is 23.5 Å². The van der Waals surface area contributed by atoms with E-state index in [0.717, 1.165) is 16.9 Å². The van der Waals surface area contributed by atoms with Crippen molar-refractivity contribution in [2.75, 3.05) is 23.8 Å². The van der Waals surface area contributed by atoms with Gasteiger partial charge in [-0.1, -0.05) is 18.2 Å². The van der Waals surface area contributed by atoms with Gasteiger partial charge in [-0.15, -0.1) is 0 Å². The summed E-state index contributed by atoms with van der Waals surface area (Å²) in [4.78, 5) is 12.2. The van der Waals surface area contributed by atoms with Gasteiger partial charge in [0.05, 0.1) is 12.7 Å². The standard InChI is InChI=1S/C17H20N2O3/c1-12-4-2-3-5-16(12)19-17(22)13-6-8-14(9-7-13)18-10-15(21)11-20/h2-9,15,18,20-21H,10-11H2,1H3,(H,19,22). The SMILES string of the molecule is Cc1ccccc1NC(=O)c1ccc(NCC(O)CO)cc1. The fourth-order valence-electron chi connectivity index (χ4n) is 1.95. The molecule has 22 heavy (non-hydrogen) atoms. The maximum Gasteiger partial charge on any atom is 0.255 e. The number of aliphatic hydroxyl groups excluding tert-OH is 2. The molecule has 4 N–H and O–H groups in total. The minimum atomic E-state index is -0.802. The molecule has 1 unspecified atom stereocenters. The number of nitrogens with one attached hydrogen (secondary N) is 2. The van der Waals surface area contributed by atoms with E-state index in [1.807, 2.05) is 31.2 Å². The van der Waals surface area contributed by atoms with Crippen LogP contribution in [0.1, 0.15) is 15.9 Å². The summed E-state index contributed by atoms with van der Waals surface area (Å²) in [6.07, 6.45) is -0.802. The summed E-state index contributed by atoms with van der Waals surface area (Å²) in [5, 5.41) is 23.9. The minimum Gasteiger partial charge on any atom is -0.394 e. The number of hydrogen-bond acceptors (Lipinski definition) is 4. The molecular formula is C17H20N2O3. The van der Waals surface area contributed by atoms with Crippen molar-refractivity contribution >= 4 is 17.3 Å². The average molecular weight is 300 g/mol. The van der Waals surface area contributed by atoms with Gasteiger partial charge < -0.3 is 20.8 Å². The van der Waals surface area contributed by atoms with E-state index >= 15 is 0 Å². The molecule has 0 saturated heterocycles. The van der Waals surface area contributed by atoms with Gasteiger partial charge in [0.25, 0.3) is 5.91 Å². The first-order valence-electron chi connectivity index (χ1n) is 7.10. The predicted molar refractivity (Wildman–Crippen MR) is 87.2 cm³/mol. The van der Waals surface area contributed by atoms with E-state index in [4.69, 9.17) is 5.11 Å². The zero-order chi connectivity index (χ0) is 15.9. The Morgan fingerprint density at radius 2 is 1.82 bits per heavy atom. The third-order valence-electron chi connectivity index (χ3n) is 3.29. The molecule has 0 bridgehead atoms. The van der Waals surface area contributed by atoms with Gasteiger partial charge in [-0.3, -0.25) is 4.79 Å². The number of aliphatic hydroxyl groups is 2. The molecule has 0 heterocycles. The molecule has 1 atom stereocenters. The van der Waals surface area contributed by atoms with Crippen LogP contribution in [0.2, 0.25) is 0 Å². The number of aryl methyl sites for hydroxylation is 1. The van der Waals surface area contributed by atoms with Crippen LogP contribution >= 0.6 is 0 Å². The topological polar surface area (TPSA) is 81.6 Å². The van der Waals surface area contributed by atoms with Crippen molar-refractivity contribution in [2.45, 2.75) is 13.0 Å². The van der Waals surface area contributed by atoms with Crippen LogP contribution in [0, 0.1) is 6.92 Å². The van der Waals surface area contributed by atoms with E-state index < -0.39 is 6.10 Å². The Bertz CT molecular complexity index is 626. The lowest BCUT2D eigenvalue weighted by Gasteiger charge is -2.11. The largest absolute Gasteiger partial charge is 0.394 e. The number of carbonyl (C=O) groups excluding carboxylic acids is 1. The van der Waals surface area contributed by atoms with Crippen molar-refractivity contribution in [3.05, 3.63) is 59.7 Å². The number of anilines is 2. The van der Waals surface area contributed by atoms with Crippen LogP contribution in [0.3, 0.4) is 0 Å². The Morgan fingerprint density at radius 1 is 1.14 bits per heavy atom. The second-order valence-corrected chi connectivity index (χ2v) is 5.06. The first kappa shape index (κ1) is 16.0. The number of amides is 1. The maximum absolute atomic E-state index is 12.2. The summed E-state index contributed by atoms with van der Waals surface area (Å²) in [6, 6.07) is 14.5. The van der Waals surface area contributed by atoms with Crippen molar-refractivity contribution < 1.29 is 15.0 Å². The zero-order valence-electron chi connectivity index (χ0n) is 12.4. The molecule has 0 aromatic heterocycles. The van der Waals surface area contributed by atoms with Crippen molar-refractivity contribution in [2.24, 2.45) is 0 Å². The van der Waals surface area contributed by atoms with Gasteiger partial charge >= 0.3 is 0 Å². The highest BCUT2D eigenvalue weighted by Gasteiger charge is 2.07. The highest BCUT2D eigenvalue weighted by atomic mass is 16.3. The molecule has 0 radical (unpaired) electrons. The normalized spacial score (nSPS) is 11.8. The molecule has 0 aliphatic rings. The van der Waals surface area contributed by atoms with Crippen LogP contribution < -0.4 is 10.6 Å². The molecule has 2 rings (SSSR count). The summed E-state index contributed by atoms with van der Waals surface area (Å²) in [6.45, 7) is 1.91. The molecular weight excluding hydrogens is 280 g/mol. The van der Waals surface area contributed by atoms with Crippen LogP contribution in [0.15, 0.2) is 48.5 Å². The van der Waals surface area contributed by atoms with Crippen molar-refractivity contribution in [1.29, 1.82) is 0 Å². The average Bonchev–Trinajstić information content (AvgIpc) is 2.55.